The van der Waals surface area contributed by atoms with Crippen molar-refractivity contribution in [2.75, 3.05) is 38.3 Å². The molecule has 4 N–H and O–H groups in total. The maximum Gasteiger partial charge on any atom is 0.265 e. The highest BCUT2D eigenvalue weighted by molar-refractivity contribution is 5.96. The zero-order valence-corrected chi connectivity index (χ0v) is 22.2. The molecule has 6 bridgehead atoms. The number of carbonyl (C=O) groups excluding carboxylic acids is 2. The van der Waals surface area contributed by atoms with Crippen molar-refractivity contribution >= 4 is 29.1 Å². The van der Waals surface area contributed by atoms with Crippen molar-refractivity contribution in [1.82, 2.24) is 20.2 Å². The number of aromatic nitrogens is 2. The third-order valence-corrected chi connectivity index (χ3v) is 6.11. The maximum atomic E-state index is 12.7. The molecule has 0 fully saturated rings. The first-order chi connectivity index (χ1) is 18.1. The lowest BCUT2D eigenvalue weighted by Gasteiger charge is -2.29. The van der Waals surface area contributed by atoms with Gasteiger partial charge < -0.3 is 30.7 Å². The number of fused-ring (bicyclic) bond motifs is 9. The van der Waals surface area contributed by atoms with E-state index >= 15 is 0 Å². The molecule has 0 radical (unpaired) electrons. The molecule has 10 heteroatoms. The number of amides is 2. The van der Waals surface area contributed by atoms with Gasteiger partial charge in [0, 0.05) is 61.5 Å². The van der Waals surface area contributed by atoms with E-state index in [0.29, 0.717) is 47.4 Å². The summed E-state index contributed by atoms with van der Waals surface area (Å²) >= 11 is 0. The molecule has 10 nitrogen and oxygen atoms in total. The standard InChI is InChI=1S/C28H34N6O4/c1-28(2,26(36)34(3)4)38-24-10-8-20-15-19(24)17-37-14-6-5-12-30-25(35)18-7-9-21(22(29)16-18)23-11-13-31-27(32-20)33-23/h7-11,13,15-16H,5-6,12,14,17,29H2,1-4H3,(H,30,35)(H,31,32,33). The molecule has 3 heterocycles. The largest absolute Gasteiger partial charge is 0.478 e. The SMILES string of the molecule is CN(C)C(=O)C(C)(C)Oc1ccc2cc1COCCCCNC(=O)c1ccc(c(N)c1)-c1ccnc(n1)N2. The number of likely N-dealkylation sites (N-methyl/N-ethyl adjacent to an activating group) is 1. The van der Waals surface area contributed by atoms with E-state index < -0.39 is 5.60 Å². The number of nitrogens with two attached hydrogens (primary N) is 1. The number of benzene rings is 2. The molecular weight excluding hydrogens is 484 g/mol. The molecule has 3 aromatic rings. The van der Waals surface area contributed by atoms with E-state index in [4.69, 9.17) is 15.2 Å². The van der Waals surface area contributed by atoms with Crippen molar-refractivity contribution in [3.8, 4) is 17.0 Å². The number of nitrogen functional groups attached to an aromatic ring is 1. The van der Waals surface area contributed by atoms with Crippen LogP contribution in [0, 0.1) is 0 Å². The molecule has 2 aliphatic rings. The van der Waals surface area contributed by atoms with Crippen molar-refractivity contribution in [3.05, 3.63) is 59.8 Å². The fourth-order valence-electron chi connectivity index (χ4n) is 4.18. The van der Waals surface area contributed by atoms with E-state index in [1.165, 1.54) is 4.90 Å². The van der Waals surface area contributed by atoms with Gasteiger partial charge in [-0.2, -0.15) is 0 Å². The highest BCUT2D eigenvalue weighted by atomic mass is 16.5. The quantitative estimate of drug-likeness (QED) is 0.447. The average molecular weight is 519 g/mol. The van der Waals surface area contributed by atoms with Crippen LogP contribution in [-0.2, 0) is 16.1 Å². The molecule has 1 aromatic heterocycles. The Morgan fingerprint density at radius 2 is 1.95 bits per heavy atom. The average Bonchev–Trinajstić information content (AvgIpc) is 2.88. The number of carbonyl (C=O) groups is 2. The molecule has 0 saturated carbocycles. The molecule has 200 valence electrons. The zero-order chi connectivity index (χ0) is 27.3. The predicted molar refractivity (Wildman–Crippen MR) is 146 cm³/mol. The summed E-state index contributed by atoms with van der Waals surface area (Å²) in [5.74, 6) is 0.602. The second-order valence-electron chi connectivity index (χ2n) is 9.84. The molecule has 38 heavy (non-hydrogen) atoms. The van der Waals surface area contributed by atoms with Crippen molar-refractivity contribution < 1.29 is 19.1 Å². The molecule has 0 saturated heterocycles. The lowest BCUT2D eigenvalue weighted by atomic mass is 10.1. The Balaban J connectivity index is 1.67. The number of anilines is 3. The monoisotopic (exact) mass is 518 g/mol. The van der Waals surface area contributed by atoms with Crippen molar-refractivity contribution in [2.24, 2.45) is 0 Å². The van der Waals surface area contributed by atoms with Crippen molar-refractivity contribution in [2.45, 2.75) is 38.9 Å². The van der Waals surface area contributed by atoms with Crippen molar-refractivity contribution in [1.29, 1.82) is 0 Å². The second-order valence-corrected chi connectivity index (χ2v) is 9.84. The zero-order valence-electron chi connectivity index (χ0n) is 22.2. The highest BCUT2D eigenvalue weighted by Crippen LogP contribution is 2.30. The van der Waals surface area contributed by atoms with Gasteiger partial charge in [-0.1, -0.05) is 0 Å². The molecule has 0 aliphatic carbocycles. The molecular formula is C28H34N6O4. The van der Waals surface area contributed by atoms with Gasteiger partial charge in [-0.3, -0.25) is 9.59 Å². The minimum atomic E-state index is -1.07. The number of hydrogen-bond acceptors (Lipinski definition) is 8. The smallest absolute Gasteiger partial charge is 0.265 e. The van der Waals surface area contributed by atoms with Crippen LogP contribution >= 0.6 is 0 Å². The lowest BCUT2D eigenvalue weighted by molar-refractivity contribution is -0.142. The number of hydrogen-bond donors (Lipinski definition) is 3. The summed E-state index contributed by atoms with van der Waals surface area (Å²) in [5.41, 5.74) is 9.00. The van der Waals surface area contributed by atoms with Gasteiger partial charge in [0.1, 0.15) is 5.75 Å². The van der Waals surface area contributed by atoms with Crippen LogP contribution in [0.1, 0.15) is 42.6 Å². The van der Waals surface area contributed by atoms with Crippen LogP contribution in [0.4, 0.5) is 17.3 Å². The Morgan fingerprint density at radius 3 is 2.71 bits per heavy atom. The van der Waals surface area contributed by atoms with E-state index in [1.54, 1.807) is 58.4 Å². The number of rotatable bonds is 3. The van der Waals surface area contributed by atoms with E-state index in [-0.39, 0.29) is 18.4 Å². The summed E-state index contributed by atoms with van der Waals surface area (Å²) in [4.78, 5) is 35.7. The van der Waals surface area contributed by atoms with Gasteiger partial charge in [0.05, 0.1) is 12.3 Å². The number of nitrogens with zero attached hydrogens (tertiary/aromatic N) is 3. The van der Waals surface area contributed by atoms with Crippen molar-refractivity contribution in [3.63, 3.8) is 0 Å². The predicted octanol–water partition coefficient (Wildman–Crippen LogP) is 3.76. The Hall–Kier alpha value is -4.18. The van der Waals surface area contributed by atoms with Crippen LogP contribution in [0.15, 0.2) is 48.7 Å². The molecule has 5 rings (SSSR count). The molecule has 0 atom stereocenters. The van der Waals surface area contributed by atoms with Gasteiger partial charge in [0.25, 0.3) is 11.8 Å². The fraction of sp³-hybridized carbons (Fsp3) is 0.357. The summed E-state index contributed by atoms with van der Waals surface area (Å²) in [6.45, 7) is 4.78. The Labute approximate surface area is 222 Å². The van der Waals surface area contributed by atoms with Gasteiger partial charge in [-0.15, -0.1) is 0 Å². The Bertz CT molecular complexity index is 1320. The summed E-state index contributed by atoms with van der Waals surface area (Å²) in [7, 11) is 3.40. The lowest BCUT2D eigenvalue weighted by Crippen LogP contribution is -2.46. The molecule has 2 aliphatic heterocycles. The van der Waals surface area contributed by atoms with Crippen LogP contribution in [0.5, 0.6) is 5.75 Å². The summed E-state index contributed by atoms with van der Waals surface area (Å²) in [5, 5.41) is 6.16. The first kappa shape index (κ1) is 26.9. The van der Waals surface area contributed by atoms with Gasteiger partial charge in [-0.05, 0) is 69.2 Å². The summed E-state index contributed by atoms with van der Waals surface area (Å²) < 4.78 is 12.1. The van der Waals surface area contributed by atoms with Crippen LogP contribution in [0.25, 0.3) is 11.3 Å². The first-order valence-electron chi connectivity index (χ1n) is 12.5. The molecule has 2 amide bonds. The van der Waals surface area contributed by atoms with Crippen LogP contribution in [0.3, 0.4) is 0 Å². The summed E-state index contributed by atoms with van der Waals surface area (Å²) in [6.07, 6.45) is 3.17. The van der Waals surface area contributed by atoms with E-state index in [1.807, 2.05) is 18.2 Å². The van der Waals surface area contributed by atoms with Crippen LogP contribution < -0.4 is 21.1 Å². The van der Waals surface area contributed by atoms with Crippen LogP contribution in [-0.4, -0.2) is 59.5 Å². The van der Waals surface area contributed by atoms with E-state index in [0.717, 1.165) is 24.1 Å². The Morgan fingerprint density at radius 1 is 1.13 bits per heavy atom. The van der Waals surface area contributed by atoms with Gasteiger partial charge in [0.15, 0.2) is 5.60 Å². The highest BCUT2D eigenvalue weighted by Gasteiger charge is 2.32. The van der Waals surface area contributed by atoms with E-state index in [2.05, 4.69) is 20.6 Å². The second kappa shape index (κ2) is 11.5. The number of nitrogens with one attached hydrogen (secondary N) is 2. The minimum absolute atomic E-state index is 0.150. The third-order valence-electron chi connectivity index (χ3n) is 6.11. The topological polar surface area (TPSA) is 132 Å². The fourth-order valence-corrected chi connectivity index (χ4v) is 4.18. The normalized spacial score (nSPS) is 14.4. The molecule has 0 spiro atoms. The summed E-state index contributed by atoms with van der Waals surface area (Å²) in [6, 6.07) is 12.5. The van der Waals surface area contributed by atoms with Gasteiger partial charge >= 0.3 is 0 Å². The Kier molecular flexibility index (Phi) is 8.11. The first-order valence-corrected chi connectivity index (χ1v) is 12.5. The molecule has 0 unspecified atom stereocenters. The van der Waals surface area contributed by atoms with Gasteiger partial charge in [-0.25, -0.2) is 9.97 Å². The maximum absolute atomic E-state index is 12.7. The minimum Gasteiger partial charge on any atom is -0.478 e. The van der Waals surface area contributed by atoms with Crippen LogP contribution in [0.2, 0.25) is 0 Å². The third kappa shape index (κ3) is 6.38. The van der Waals surface area contributed by atoms with Gasteiger partial charge in [0.2, 0.25) is 5.95 Å². The van der Waals surface area contributed by atoms with E-state index in [9.17, 15) is 9.59 Å². The molecule has 2 aromatic carbocycles. The number of ether oxygens (including phenoxy) is 2.